The average molecular weight is 470 g/mol. The number of aryl methyl sites for hydroxylation is 2. The highest BCUT2D eigenvalue weighted by Gasteiger charge is 2.12. The molecule has 0 unspecified atom stereocenters. The first-order valence-electron chi connectivity index (χ1n) is 9.79. The Morgan fingerprint density at radius 3 is 2.72 bits per heavy atom. The Labute approximate surface area is 193 Å². The van der Waals surface area contributed by atoms with E-state index in [1.807, 2.05) is 31.2 Å². The summed E-state index contributed by atoms with van der Waals surface area (Å²) in [5.74, 6) is 1.17. The Kier molecular flexibility index (Phi) is 6.53. The summed E-state index contributed by atoms with van der Waals surface area (Å²) in [5, 5.41) is 3.54. The molecule has 32 heavy (non-hydrogen) atoms. The number of thioether (sulfide) groups is 1. The normalized spacial score (nSPS) is 11.0. The van der Waals surface area contributed by atoms with Crippen molar-refractivity contribution in [3.63, 3.8) is 0 Å². The van der Waals surface area contributed by atoms with Gasteiger partial charge in [-0.3, -0.25) is 9.59 Å². The van der Waals surface area contributed by atoms with Gasteiger partial charge >= 0.3 is 0 Å². The van der Waals surface area contributed by atoms with Crippen molar-refractivity contribution in [2.75, 3.05) is 11.1 Å². The number of benzene rings is 2. The summed E-state index contributed by atoms with van der Waals surface area (Å²) in [4.78, 5) is 30.0. The Balaban J connectivity index is 1.44. The van der Waals surface area contributed by atoms with Gasteiger partial charge in [-0.2, -0.15) is 0 Å². The van der Waals surface area contributed by atoms with Crippen molar-refractivity contribution in [1.29, 1.82) is 0 Å². The molecule has 1 amide bonds. The van der Waals surface area contributed by atoms with Crippen LogP contribution in [-0.4, -0.2) is 21.2 Å². The number of hydrogen-bond acceptors (Lipinski definition) is 6. The molecule has 0 aliphatic rings. The molecular weight excluding hydrogens is 450 g/mol. The zero-order valence-corrected chi connectivity index (χ0v) is 19.0. The lowest BCUT2D eigenvalue weighted by Crippen LogP contribution is -2.16. The smallest absolute Gasteiger partial charge is 0.287 e. The molecule has 0 bridgehead atoms. The molecule has 7 nitrogen and oxygen atoms in total. The zero-order chi connectivity index (χ0) is 22.7. The van der Waals surface area contributed by atoms with Gasteiger partial charge in [-0.1, -0.05) is 17.7 Å². The van der Waals surface area contributed by atoms with Crippen molar-refractivity contribution >= 4 is 40.6 Å². The maximum atomic E-state index is 12.5. The molecule has 0 saturated carbocycles. The van der Waals surface area contributed by atoms with Gasteiger partial charge in [0.05, 0.1) is 17.1 Å². The number of carbonyl (C=O) groups excluding carboxylic acids is 1. The third-order valence-electron chi connectivity index (χ3n) is 4.49. The number of rotatable bonds is 7. The van der Waals surface area contributed by atoms with Gasteiger partial charge in [0, 0.05) is 22.1 Å². The molecule has 0 radical (unpaired) electrons. The molecule has 1 N–H and O–H groups in total. The lowest BCUT2D eigenvalue weighted by molar-refractivity contribution is -0.113. The van der Waals surface area contributed by atoms with Crippen molar-refractivity contribution in [3.05, 3.63) is 87.0 Å². The molecule has 4 aromatic rings. The van der Waals surface area contributed by atoms with Crippen LogP contribution >= 0.6 is 23.4 Å². The lowest BCUT2D eigenvalue weighted by atomic mass is 10.2. The second-order valence-electron chi connectivity index (χ2n) is 7.16. The molecule has 2 aromatic heterocycles. The van der Waals surface area contributed by atoms with Crippen molar-refractivity contribution in [1.82, 2.24) is 9.56 Å². The highest BCUT2D eigenvalue weighted by molar-refractivity contribution is 8.00. The first kappa shape index (κ1) is 22.0. The van der Waals surface area contributed by atoms with Crippen LogP contribution in [0.5, 0.6) is 5.75 Å². The fourth-order valence-electron chi connectivity index (χ4n) is 3.02. The van der Waals surface area contributed by atoms with E-state index < -0.39 is 0 Å². The van der Waals surface area contributed by atoms with Gasteiger partial charge in [0.15, 0.2) is 5.65 Å². The highest BCUT2D eigenvalue weighted by Crippen LogP contribution is 2.27. The van der Waals surface area contributed by atoms with E-state index in [1.54, 1.807) is 31.2 Å². The van der Waals surface area contributed by atoms with Gasteiger partial charge in [0.25, 0.3) is 5.56 Å². The van der Waals surface area contributed by atoms with Crippen molar-refractivity contribution in [3.8, 4) is 5.75 Å². The molecule has 0 atom stereocenters. The molecule has 9 heteroatoms. The largest absolute Gasteiger partial charge is 0.485 e. The molecular formula is C23H20ClN3O4S. The molecule has 0 spiro atoms. The van der Waals surface area contributed by atoms with Crippen molar-refractivity contribution in [2.45, 2.75) is 25.3 Å². The number of amides is 1. The van der Waals surface area contributed by atoms with E-state index in [1.165, 1.54) is 17.8 Å². The van der Waals surface area contributed by atoms with Crippen LogP contribution in [0.3, 0.4) is 0 Å². The molecule has 0 aliphatic carbocycles. The number of ether oxygens (including phenoxy) is 1. The van der Waals surface area contributed by atoms with Gasteiger partial charge < -0.3 is 14.6 Å². The summed E-state index contributed by atoms with van der Waals surface area (Å²) in [6, 6.07) is 15.9. The molecule has 2 aromatic carbocycles. The summed E-state index contributed by atoms with van der Waals surface area (Å²) in [6.45, 7) is 3.75. The number of halogens is 1. The zero-order valence-electron chi connectivity index (χ0n) is 17.4. The van der Waals surface area contributed by atoms with Crippen molar-refractivity contribution < 1.29 is 14.1 Å². The SMILES string of the molecule is Cc1ccc(NC(=O)CSc2ccc(Cl)cc2)c(OCc2cc(=O)n3oc(C)cc3n2)c1. The van der Waals surface area contributed by atoms with E-state index in [0.29, 0.717) is 33.6 Å². The minimum absolute atomic E-state index is 0.0712. The summed E-state index contributed by atoms with van der Waals surface area (Å²) in [6.07, 6.45) is 0. The molecule has 164 valence electrons. The first-order chi connectivity index (χ1) is 15.4. The fraction of sp³-hybridized carbons (Fsp3) is 0.174. The predicted molar refractivity (Wildman–Crippen MR) is 125 cm³/mol. The van der Waals surface area contributed by atoms with Gasteiger partial charge in [-0.05, 0) is 55.8 Å². The molecule has 0 saturated heterocycles. The molecule has 0 fully saturated rings. The molecule has 2 heterocycles. The Bertz CT molecular complexity index is 1330. The van der Waals surface area contributed by atoms with E-state index >= 15 is 0 Å². The number of nitrogens with one attached hydrogen (secondary N) is 1. The summed E-state index contributed by atoms with van der Waals surface area (Å²) >= 11 is 7.31. The number of nitrogens with zero attached hydrogens (tertiary/aromatic N) is 2. The minimum atomic E-state index is -0.321. The van der Waals surface area contributed by atoms with E-state index in [0.717, 1.165) is 15.0 Å². The second-order valence-corrected chi connectivity index (χ2v) is 8.65. The van der Waals surface area contributed by atoms with Crippen LogP contribution in [0.2, 0.25) is 5.02 Å². The van der Waals surface area contributed by atoms with Gasteiger partial charge in [-0.15, -0.1) is 16.3 Å². The van der Waals surface area contributed by atoms with E-state index in [9.17, 15) is 9.59 Å². The van der Waals surface area contributed by atoms with Crippen LogP contribution in [0.25, 0.3) is 5.65 Å². The molecule has 4 rings (SSSR count). The Hall–Kier alpha value is -3.23. The van der Waals surface area contributed by atoms with Crippen LogP contribution < -0.4 is 15.6 Å². The van der Waals surface area contributed by atoms with E-state index in [4.69, 9.17) is 20.9 Å². The quantitative estimate of drug-likeness (QED) is 0.389. The molecule has 0 aliphatic heterocycles. The number of fused-ring (bicyclic) bond motifs is 1. The van der Waals surface area contributed by atoms with Crippen molar-refractivity contribution in [2.24, 2.45) is 0 Å². The van der Waals surface area contributed by atoms with E-state index in [-0.39, 0.29) is 23.8 Å². The fourth-order valence-corrected chi connectivity index (χ4v) is 3.84. The summed E-state index contributed by atoms with van der Waals surface area (Å²) in [7, 11) is 0. The van der Waals surface area contributed by atoms with E-state index in [2.05, 4.69) is 10.3 Å². The highest BCUT2D eigenvalue weighted by atomic mass is 35.5. The number of anilines is 1. The van der Waals surface area contributed by atoms with Crippen LogP contribution in [0.4, 0.5) is 5.69 Å². The topological polar surface area (TPSA) is 85.8 Å². The van der Waals surface area contributed by atoms with Gasteiger partial charge in [-0.25, -0.2) is 4.98 Å². The van der Waals surface area contributed by atoms with Crippen LogP contribution in [0, 0.1) is 13.8 Å². The third kappa shape index (κ3) is 5.33. The lowest BCUT2D eigenvalue weighted by Gasteiger charge is -2.13. The van der Waals surface area contributed by atoms with Crippen LogP contribution in [0.1, 0.15) is 17.0 Å². The summed E-state index contributed by atoms with van der Waals surface area (Å²) in [5.41, 5.74) is 2.09. The maximum absolute atomic E-state index is 12.5. The summed E-state index contributed by atoms with van der Waals surface area (Å²) < 4.78 is 12.3. The van der Waals surface area contributed by atoms with Gasteiger partial charge in [0.1, 0.15) is 18.1 Å². The number of carbonyl (C=O) groups is 1. The second kappa shape index (κ2) is 9.50. The van der Waals surface area contributed by atoms with Crippen LogP contribution in [0.15, 0.2) is 68.8 Å². The monoisotopic (exact) mass is 469 g/mol. The maximum Gasteiger partial charge on any atom is 0.287 e. The Morgan fingerprint density at radius 2 is 1.94 bits per heavy atom. The minimum Gasteiger partial charge on any atom is -0.485 e. The standard InChI is InChI=1S/C23H20ClN3O4S/c1-14-3-8-19(26-22(28)13-32-18-6-4-16(24)5-7-18)20(9-14)30-12-17-11-23(29)27-21(25-17)10-15(2)31-27/h3-11H,12-13H2,1-2H3,(H,26,28). The average Bonchev–Trinajstić information content (AvgIpc) is 3.14. The Morgan fingerprint density at radius 1 is 1.16 bits per heavy atom. The third-order valence-corrected chi connectivity index (χ3v) is 5.76. The predicted octanol–water partition coefficient (Wildman–Crippen LogP) is 4.87. The van der Waals surface area contributed by atoms with Gasteiger partial charge in [0.2, 0.25) is 5.91 Å². The first-order valence-corrected chi connectivity index (χ1v) is 11.1. The number of hydrogen-bond donors (Lipinski definition) is 1. The number of aromatic nitrogens is 2. The van der Waals surface area contributed by atoms with Crippen LogP contribution in [-0.2, 0) is 11.4 Å².